The minimum atomic E-state index is -0.580. The van der Waals surface area contributed by atoms with Gasteiger partial charge in [0.15, 0.2) is 17.8 Å². The van der Waals surface area contributed by atoms with Crippen molar-refractivity contribution in [1.82, 2.24) is 0 Å². The molecule has 0 amide bonds. The molecule has 1 rings (SSSR count). The van der Waals surface area contributed by atoms with Gasteiger partial charge in [-0.05, 0) is 17.7 Å². The maximum absolute atomic E-state index is 9.87. The van der Waals surface area contributed by atoms with Crippen LogP contribution in [0.1, 0.15) is 11.7 Å². The number of phenolic OH excluding ortho intramolecular Hbond substituents is 1. The zero-order valence-corrected chi connectivity index (χ0v) is 11.8. The van der Waals surface area contributed by atoms with E-state index in [0.29, 0.717) is 17.1 Å². The molecule has 6 nitrogen and oxygen atoms in total. The smallest absolute Gasteiger partial charge is 0.200 e. The number of hydrogen-bond acceptors (Lipinski definition) is 6. The highest BCUT2D eigenvalue weighted by molar-refractivity contribution is 5.53. The second kappa shape index (κ2) is 7.18. The van der Waals surface area contributed by atoms with E-state index in [0.717, 1.165) is 0 Å². The van der Waals surface area contributed by atoms with E-state index < -0.39 is 12.4 Å². The maximum atomic E-state index is 9.87. The summed E-state index contributed by atoms with van der Waals surface area (Å²) in [4.78, 5) is 0. The molecule has 6 heteroatoms. The highest BCUT2D eigenvalue weighted by Crippen LogP contribution is 2.40. The fraction of sp³-hybridized carbons (Fsp3) is 0.538. The lowest BCUT2D eigenvalue weighted by molar-refractivity contribution is -0.175. The van der Waals surface area contributed by atoms with Gasteiger partial charge in [-0.1, -0.05) is 0 Å². The van der Waals surface area contributed by atoms with Gasteiger partial charge in [-0.3, -0.25) is 0 Å². The number of ether oxygens (including phenoxy) is 5. The number of methoxy groups -OCH3 is 5. The average Bonchev–Trinajstić information content (AvgIpc) is 2.45. The molecule has 0 aliphatic rings. The average molecular weight is 272 g/mol. The third-order valence-electron chi connectivity index (χ3n) is 2.80. The monoisotopic (exact) mass is 272 g/mol. The first-order valence-corrected chi connectivity index (χ1v) is 5.66. The molecule has 19 heavy (non-hydrogen) atoms. The third kappa shape index (κ3) is 3.28. The van der Waals surface area contributed by atoms with Crippen LogP contribution < -0.4 is 9.47 Å². The maximum Gasteiger partial charge on any atom is 0.200 e. The van der Waals surface area contributed by atoms with Gasteiger partial charge in [0, 0.05) is 21.3 Å². The van der Waals surface area contributed by atoms with E-state index >= 15 is 0 Å². The van der Waals surface area contributed by atoms with Crippen molar-refractivity contribution in [2.45, 2.75) is 12.4 Å². The summed E-state index contributed by atoms with van der Waals surface area (Å²) in [6.07, 6.45) is -1.05. The van der Waals surface area contributed by atoms with Gasteiger partial charge in [-0.15, -0.1) is 0 Å². The Balaban J connectivity index is 3.23. The van der Waals surface area contributed by atoms with Crippen molar-refractivity contribution in [2.75, 3.05) is 35.5 Å². The first kappa shape index (κ1) is 15.6. The zero-order chi connectivity index (χ0) is 14.4. The Hall–Kier alpha value is -1.50. The highest BCUT2D eigenvalue weighted by atomic mass is 16.7. The van der Waals surface area contributed by atoms with Crippen LogP contribution in [0.4, 0.5) is 0 Å². The summed E-state index contributed by atoms with van der Waals surface area (Å²) in [6, 6.07) is 3.30. The molecule has 1 atom stereocenters. The van der Waals surface area contributed by atoms with Crippen LogP contribution in [-0.4, -0.2) is 46.9 Å². The van der Waals surface area contributed by atoms with Gasteiger partial charge in [0.25, 0.3) is 0 Å². The number of hydrogen-bond donors (Lipinski definition) is 1. The lowest BCUT2D eigenvalue weighted by Gasteiger charge is -2.24. The van der Waals surface area contributed by atoms with Crippen LogP contribution in [0.5, 0.6) is 17.2 Å². The first-order valence-electron chi connectivity index (χ1n) is 5.66. The Kier molecular flexibility index (Phi) is 5.88. The number of rotatable bonds is 7. The van der Waals surface area contributed by atoms with Gasteiger partial charge in [0.05, 0.1) is 14.2 Å². The molecule has 0 bridgehead atoms. The van der Waals surface area contributed by atoms with Gasteiger partial charge in [-0.2, -0.15) is 0 Å². The second-order valence-corrected chi connectivity index (χ2v) is 3.77. The van der Waals surface area contributed by atoms with E-state index in [9.17, 15) is 5.11 Å². The van der Waals surface area contributed by atoms with Crippen molar-refractivity contribution in [3.63, 3.8) is 0 Å². The van der Waals surface area contributed by atoms with Crippen molar-refractivity contribution in [3.05, 3.63) is 17.7 Å². The molecule has 108 valence electrons. The van der Waals surface area contributed by atoms with Crippen LogP contribution in [0.15, 0.2) is 12.1 Å². The number of aromatic hydroxyl groups is 1. The topological polar surface area (TPSA) is 66.4 Å². The fourth-order valence-electron chi connectivity index (χ4n) is 1.83. The van der Waals surface area contributed by atoms with E-state index in [4.69, 9.17) is 23.7 Å². The first-order chi connectivity index (χ1) is 9.12. The molecule has 0 spiro atoms. The van der Waals surface area contributed by atoms with Crippen molar-refractivity contribution in [2.24, 2.45) is 0 Å². The van der Waals surface area contributed by atoms with Crippen LogP contribution >= 0.6 is 0 Å². The highest BCUT2D eigenvalue weighted by Gasteiger charge is 2.25. The molecule has 1 N–H and O–H groups in total. The molecule has 0 radical (unpaired) electrons. The summed E-state index contributed by atoms with van der Waals surface area (Å²) < 4.78 is 26.0. The van der Waals surface area contributed by atoms with Crippen LogP contribution in [0, 0.1) is 0 Å². The predicted octanol–water partition coefficient (Wildman–Crippen LogP) is 1.72. The summed E-state index contributed by atoms with van der Waals surface area (Å²) in [7, 11) is 7.51. The quantitative estimate of drug-likeness (QED) is 0.762. The van der Waals surface area contributed by atoms with E-state index in [-0.39, 0.29) is 5.75 Å². The SMILES string of the molecule is COc1cc(C(OC)C(OC)OC)cc(OC)c1O. The molecule has 0 aromatic heterocycles. The van der Waals surface area contributed by atoms with E-state index in [1.54, 1.807) is 19.2 Å². The Morgan fingerprint density at radius 2 is 1.32 bits per heavy atom. The van der Waals surface area contributed by atoms with Crippen LogP contribution in [0.3, 0.4) is 0 Å². The van der Waals surface area contributed by atoms with Crippen LogP contribution in [-0.2, 0) is 14.2 Å². The molecule has 0 heterocycles. The van der Waals surface area contributed by atoms with E-state index in [2.05, 4.69) is 0 Å². The lowest BCUT2D eigenvalue weighted by Crippen LogP contribution is -2.24. The summed E-state index contributed by atoms with van der Waals surface area (Å²) >= 11 is 0. The summed E-state index contributed by atoms with van der Waals surface area (Å²) in [6.45, 7) is 0. The van der Waals surface area contributed by atoms with Crippen LogP contribution in [0.2, 0.25) is 0 Å². The molecule has 0 fully saturated rings. The van der Waals surface area contributed by atoms with E-state index in [1.165, 1.54) is 28.4 Å². The van der Waals surface area contributed by atoms with Crippen molar-refractivity contribution < 1.29 is 28.8 Å². The molecule has 1 aromatic rings. The number of phenols is 1. The minimum absolute atomic E-state index is 0.0602. The Bertz CT molecular complexity index is 377. The largest absolute Gasteiger partial charge is 0.502 e. The zero-order valence-electron chi connectivity index (χ0n) is 11.8. The molecule has 1 aromatic carbocycles. The Labute approximate surface area is 112 Å². The number of benzene rings is 1. The van der Waals surface area contributed by atoms with E-state index in [1.807, 2.05) is 0 Å². The molecular weight excluding hydrogens is 252 g/mol. The van der Waals surface area contributed by atoms with Gasteiger partial charge < -0.3 is 28.8 Å². The Morgan fingerprint density at radius 1 is 0.842 bits per heavy atom. The molecule has 1 unspecified atom stereocenters. The predicted molar refractivity (Wildman–Crippen MR) is 68.8 cm³/mol. The molecule has 0 saturated heterocycles. The Morgan fingerprint density at radius 3 is 1.63 bits per heavy atom. The van der Waals surface area contributed by atoms with Crippen molar-refractivity contribution in [3.8, 4) is 17.2 Å². The minimum Gasteiger partial charge on any atom is -0.502 e. The summed E-state index contributed by atoms with van der Waals surface area (Å²) in [5.74, 6) is 0.527. The fourth-order valence-corrected chi connectivity index (χ4v) is 1.83. The van der Waals surface area contributed by atoms with Gasteiger partial charge in [-0.25, -0.2) is 0 Å². The molecular formula is C13H20O6. The second-order valence-electron chi connectivity index (χ2n) is 3.77. The van der Waals surface area contributed by atoms with Crippen LogP contribution in [0.25, 0.3) is 0 Å². The van der Waals surface area contributed by atoms with Gasteiger partial charge in [0.2, 0.25) is 5.75 Å². The standard InChI is InChI=1S/C13H20O6/c1-15-9-6-8(7-10(16-2)11(9)14)12(17-3)13(18-4)19-5/h6-7,12-14H,1-5H3. The summed E-state index contributed by atoms with van der Waals surface area (Å²) in [5, 5.41) is 9.87. The van der Waals surface area contributed by atoms with Gasteiger partial charge >= 0.3 is 0 Å². The van der Waals surface area contributed by atoms with Crippen molar-refractivity contribution >= 4 is 0 Å². The normalized spacial score (nSPS) is 12.5. The lowest BCUT2D eigenvalue weighted by atomic mass is 10.1. The van der Waals surface area contributed by atoms with Crippen molar-refractivity contribution in [1.29, 1.82) is 0 Å². The molecule has 0 saturated carbocycles. The summed E-state index contributed by atoms with van der Waals surface area (Å²) in [5.41, 5.74) is 0.711. The molecule has 0 aliphatic carbocycles. The van der Waals surface area contributed by atoms with Gasteiger partial charge in [0.1, 0.15) is 6.10 Å². The third-order valence-corrected chi connectivity index (χ3v) is 2.80. The molecule has 0 aliphatic heterocycles.